The van der Waals surface area contributed by atoms with E-state index in [0.29, 0.717) is 23.4 Å². The maximum absolute atomic E-state index is 13.5. The number of benzene rings is 3. The molecule has 0 saturated carbocycles. The fourth-order valence-electron chi connectivity index (χ4n) is 3.87. The lowest BCUT2D eigenvalue weighted by Crippen LogP contribution is -2.33. The maximum atomic E-state index is 13.5. The number of ether oxygens (including phenoxy) is 1. The number of hydrogen-bond acceptors (Lipinski definition) is 4. The van der Waals surface area contributed by atoms with Crippen LogP contribution >= 0.6 is 23.2 Å². The number of halogens is 4. The highest BCUT2D eigenvalue weighted by Gasteiger charge is 2.16. The van der Waals surface area contributed by atoms with Crippen molar-refractivity contribution in [1.29, 1.82) is 0 Å². The van der Waals surface area contributed by atoms with E-state index in [1.54, 1.807) is 18.2 Å². The van der Waals surface area contributed by atoms with Crippen LogP contribution in [-0.2, 0) is 0 Å². The van der Waals surface area contributed by atoms with Gasteiger partial charge in [0.2, 0.25) is 0 Å². The molecule has 3 N–H and O–H groups in total. The zero-order valence-corrected chi connectivity index (χ0v) is 21.1. The first-order chi connectivity index (χ1) is 17.8. The maximum Gasteiger partial charge on any atom is 0.323 e. The van der Waals surface area contributed by atoms with Crippen molar-refractivity contribution in [1.82, 2.24) is 10.2 Å². The van der Waals surface area contributed by atoms with Crippen LogP contribution in [0.3, 0.4) is 0 Å². The van der Waals surface area contributed by atoms with Gasteiger partial charge in [0.1, 0.15) is 17.4 Å². The topological polar surface area (TPSA) is 82.7 Å². The summed E-state index contributed by atoms with van der Waals surface area (Å²) >= 11 is 12.0. The van der Waals surface area contributed by atoms with E-state index in [2.05, 4.69) is 20.9 Å². The van der Waals surface area contributed by atoms with E-state index in [4.69, 9.17) is 27.9 Å². The van der Waals surface area contributed by atoms with Crippen molar-refractivity contribution in [2.75, 3.05) is 36.8 Å². The summed E-state index contributed by atoms with van der Waals surface area (Å²) in [4.78, 5) is 27.7. The van der Waals surface area contributed by atoms with E-state index in [-0.39, 0.29) is 33.6 Å². The molecule has 3 amide bonds. The number of urea groups is 1. The molecule has 0 bridgehead atoms. The average molecular weight is 549 g/mol. The molecule has 1 saturated heterocycles. The molecule has 0 aliphatic carbocycles. The lowest BCUT2D eigenvalue weighted by atomic mass is 10.1. The van der Waals surface area contributed by atoms with Gasteiger partial charge in [0.05, 0.1) is 15.7 Å². The first kappa shape index (κ1) is 26.7. The highest BCUT2D eigenvalue weighted by molar-refractivity contribution is 6.42. The van der Waals surface area contributed by atoms with Crippen LogP contribution in [0.5, 0.6) is 11.5 Å². The summed E-state index contributed by atoms with van der Waals surface area (Å²) < 4.78 is 32.9. The van der Waals surface area contributed by atoms with E-state index in [9.17, 15) is 18.4 Å². The molecule has 1 heterocycles. The third-order valence-corrected chi connectivity index (χ3v) is 6.38. The summed E-state index contributed by atoms with van der Waals surface area (Å²) in [6, 6.07) is 11.0. The molecule has 3 aromatic carbocycles. The molecular weight excluding hydrogens is 525 g/mol. The number of nitrogens with zero attached hydrogens (tertiary/aromatic N) is 1. The van der Waals surface area contributed by atoms with Crippen LogP contribution < -0.4 is 20.7 Å². The van der Waals surface area contributed by atoms with Crippen molar-refractivity contribution in [3.8, 4) is 11.5 Å². The first-order valence-corrected chi connectivity index (χ1v) is 12.3. The zero-order chi connectivity index (χ0) is 26.4. The van der Waals surface area contributed by atoms with E-state index >= 15 is 0 Å². The van der Waals surface area contributed by atoms with Gasteiger partial charge < -0.3 is 25.6 Å². The number of anilines is 2. The second-order valence-corrected chi connectivity index (χ2v) is 9.25. The Morgan fingerprint density at radius 3 is 2.32 bits per heavy atom. The molecule has 37 heavy (non-hydrogen) atoms. The molecule has 0 aromatic heterocycles. The number of likely N-dealkylation sites (tertiary alicyclic amines) is 1. The minimum absolute atomic E-state index is 0.0854. The molecule has 0 atom stereocenters. The normalized spacial score (nSPS) is 13.3. The number of amides is 3. The van der Waals surface area contributed by atoms with Crippen molar-refractivity contribution < 1.29 is 23.1 Å². The van der Waals surface area contributed by atoms with Crippen LogP contribution in [-0.4, -0.2) is 43.0 Å². The van der Waals surface area contributed by atoms with Crippen LogP contribution in [0.25, 0.3) is 0 Å². The number of carbonyl (C=O) groups is 2. The van der Waals surface area contributed by atoms with Crippen LogP contribution in [0.15, 0.2) is 54.6 Å². The van der Waals surface area contributed by atoms with Crippen molar-refractivity contribution >= 4 is 46.5 Å². The third kappa shape index (κ3) is 7.55. The Morgan fingerprint density at radius 1 is 0.892 bits per heavy atom. The van der Waals surface area contributed by atoms with Crippen LogP contribution in [0, 0.1) is 11.6 Å². The van der Waals surface area contributed by atoms with Crippen LogP contribution in [0.1, 0.15) is 23.2 Å². The number of nitrogens with one attached hydrogen (secondary N) is 3. The molecule has 194 valence electrons. The minimum atomic E-state index is -0.841. The van der Waals surface area contributed by atoms with E-state index in [1.807, 2.05) is 0 Å². The zero-order valence-electron chi connectivity index (χ0n) is 19.6. The van der Waals surface area contributed by atoms with Gasteiger partial charge in [-0.2, -0.15) is 0 Å². The van der Waals surface area contributed by atoms with E-state index in [1.165, 1.54) is 18.2 Å². The lowest BCUT2D eigenvalue weighted by molar-refractivity contribution is 0.0949. The molecule has 1 fully saturated rings. The summed E-state index contributed by atoms with van der Waals surface area (Å²) in [7, 11) is 0. The summed E-state index contributed by atoms with van der Waals surface area (Å²) in [5, 5.41) is 8.43. The Kier molecular flexibility index (Phi) is 8.81. The van der Waals surface area contributed by atoms with Gasteiger partial charge in [-0.15, -0.1) is 0 Å². The quantitative estimate of drug-likeness (QED) is 0.298. The van der Waals surface area contributed by atoms with E-state index in [0.717, 1.165) is 44.6 Å². The second kappa shape index (κ2) is 12.2. The smallest absolute Gasteiger partial charge is 0.323 e. The molecule has 1 aliphatic rings. The fraction of sp³-hybridized carbons (Fsp3) is 0.231. The summed E-state index contributed by atoms with van der Waals surface area (Å²) in [6.07, 6.45) is 2.32. The second-order valence-electron chi connectivity index (χ2n) is 8.43. The summed E-state index contributed by atoms with van der Waals surface area (Å²) in [5.74, 6) is -1.46. The van der Waals surface area contributed by atoms with Gasteiger partial charge in [-0.1, -0.05) is 23.2 Å². The predicted octanol–water partition coefficient (Wildman–Crippen LogP) is 6.53. The highest BCUT2D eigenvalue weighted by atomic mass is 35.5. The van der Waals surface area contributed by atoms with Gasteiger partial charge in [0, 0.05) is 36.5 Å². The molecule has 0 unspecified atom stereocenters. The van der Waals surface area contributed by atoms with Gasteiger partial charge in [-0.3, -0.25) is 4.79 Å². The predicted molar refractivity (Wildman–Crippen MR) is 140 cm³/mol. The summed E-state index contributed by atoms with van der Waals surface area (Å²) in [6.45, 7) is 3.28. The van der Waals surface area contributed by atoms with E-state index < -0.39 is 17.7 Å². The van der Waals surface area contributed by atoms with Crippen molar-refractivity contribution in [2.45, 2.75) is 12.8 Å². The largest absolute Gasteiger partial charge is 0.455 e. The molecule has 4 rings (SSSR count). The van der Waals surface area contributed by atoms with Crippen molar-refractivity contribution in [3.05, 3.63) is 81.8 Å². The molecule has 1 aliphatic heterocycles. The van der Waals surface area contributed by atoms with Gasteiger partial charge >= 0.3 is 6.03 Å². The Labute approximate surface area is 222 Å². The Hall–Kier alpha value is -3.40. The van der Waals surface area contributed by atoms with Gasteiger partial charge in [-0.25, -0.2) is 13.6 Å². The Morgan fingerprint density at radius 2 is 1.62 bits per heavy atom. The number of carbonyl (C=O) groups excluding carboxylic acids is 2. The molecule has 11 heteroatoms. The van der Waals surface area contributed by atoms with Crippen molar-refractivity contribution in [3.63, 3.8) is 0 Å². The van der Waals surface area contributed by atoms with Crippen LogP contribution in [0.4, 0.5) is 25.0 Å². The van der Waals surface area contributed by atoms with Gasteiger partial charge in [-0.05, 0) is 68.4 Å². The highest BCUT2D eigenvalue weighted by Crippen LogP contribution is 2.34. The average Bonchev–Trinajstić information content (AvgIpc) is 3.35. The molecule has 0 radical (unpaired) electrons. The number of rotatable bonds is 8. The Bertz CT molecular complexity index is 1280. The summed E-state index contributed by atoms with van der Waals surface area (Å²) in [5.41, 5.74) is 0.348. The third-order valence-electron chi connectivity index (χ3n) is 5.64. The molecular formula is C26H24Cl2F2N4O3. The fourth-order valence-corrected chi connectivity index (χ4v) is 4.16. The monoisotopic (exact) mass is 548 g/mol. The molecule has 3 aromatic rings. The lowest BCUT2D eigenvalue weighted by Gasteiger charge is -2.16. The SMILES string of the molecule is O=C(Nc1cc(F)cc(F)c1)Nc1cc(C(=O)NCCN2CCCC2)ccc1Oc1ccc(Cl)c(Cl)c1. The van der Waals surface area contributed by atoms with Gasteiger partial charge in [0.15, 0.2) is 5.75 Å². The number of hydrogen-bond donors (Lipinski definition) is 3. The molecule has 0 spiro atoms. The van der Waals surface area contributed by atoms with Gasteiger partial charge in [0.25, 0.3) is 5.91 Å². The van der Waals surface area contributed by atoms with Crippen molar-refractivity contribution in [2.24, 2.45) is 0 Å². The minimum Gasteiger partial charge on any atom is -0.455 e. The standard InChI is InChI=1S/C26H24Cl2F2N4O3/c27-21-5-4-20(15-22(21)28)37-24-6-3-16(25(35)31-7-10-34-8-1-2-9-34)11-23(24)33-26(36)32-19-13-17(29)12-18(30)14-19/h3-6,11-15H,1-2,7-10H2,(H,31,35)(H2,32,33,36). The first-order valence-electron chi connectivity index (χ1n) is 11.6. The Balaban J connectivity index is 1.52. The van der Waals surface area contributed by atoms with Crippen LogP contribution in [0.2, 0.25) is 10.0 Å². The molecule has 7 nitrogen and oxygen atoms in total.